The summed E-state index contributed by atoms with van der Waals surface area (Å²) in [7, 11) is 1.50. The highest BCUT2D eigenvalue weighted by molar-refractivity contribution is 6.31. The largest absolute Gasteiger partial charge is 0.495 e. The number of nitrogens with zero attached hydrogens (tertiary/aromatic N) is 1. The third-order valence-corrected chi connectivity index (χ3v) is 4.17. The second kappa shape index (κ2) is 7.03. The molecule has 25 heavy (non-hydrogen) atoms. The lowest BCUT2D eigenvalue weighted by atomic mass is 10.1. The van der Waals surface area contributed by atoms with E-state index in [-0.39, 0.29) is 18.4 Å². The van der Waals surface area contributed by atoms with Crippen molar-refractivity contribution in [2.75, 3.05) is 23.9 Å². The Morgan fingerprint density at radius 3 is 2.84 bits per heavy atom. The minimum absolute atomic E-state index is 0.102. The number of hydrogen-bond acceptors (Lipinski definition) is 4. The van der Waals surface area contributed by atoms with Gasteiger partial charge in [0.15, 0.2) is 6.61 Å². The number of anilines is 2. The van der Waals surface area contributed by atoms with E-state index in [9.17, 15) is 9.59 Å². The van der Waals surface area contributed by atoms with Gasteiger partial charge in [-0.15, -0.1) is 0 Å². The van der Waals surface area contributed by atoms with Crippen molar-refractivity contribution in [2.45, 2.75) is 13.0 Å². The first kappa shape index (κ1) is 17.1. The summed E-state index contributed by atoms with van der Waals surface area (Å²) in [6, 6.07) is 11.3. The van der Waals surface area contributed by atoms with E-state index in [0.29, 0.717) is 27.9 Å². The second-order valence-corrected chi connectivity index (χ2v) is 5.97. The minimum atomic E-state index is -0.735. The van der Waals surface area contributed by atoms with Crippen molar-refractivity contribution in [1.82, 2.24) is 0 Å². The summed E-state index contributed by atoms with van der Waals surface area (Å²) in [5, 5.41) is 3.24. The number of fused-ring (bicyclic) bond motifs is 1. The van der Waals surface area contributed by atoms with Crippen LogP contribution in [-0.2, 0) is 9.59 Å². The molecule has 6 nitrogen and oxygen atoms in total. The van der Waals surface area contributed by atoms with Gasteiger partial charge < -0.3 is 14.8 Å². The molecular weight excluding hydrogens is 344 g/mol. The molecule has 0 spiro atoms. The van der Waals surface area contributed by atoms with Crippen LogP contribution in [0.4, 0.5) is 11.4 Å². The molecule has 1 atom stereocenters. The third-order valence-electron chi connectivity index (χ3n) is 3.93. The van der Waals surface area contributed by atoms with Gasteiger partial charge in [-0.25, -0.2) is 0 Å². The van der Waals surface area contributed by atoms with E-state index in [1.54, 1.807) is 43.3 Å². The first-order chi connectivity index (χ1) is 12.0. The van der Waals surface area contributed by atoms with Gasteiger partial charge in [-0.2, -0.15) is 0 Å². The van der Waals surface area contributed by atoms with E-state index in [4.69, 9.17) is 21.1 Å². The number of hydrogen-bond donors (Lipinski definition) is 1. The lowest BCUT2D eigenvalue weighted by Gasteiger charge is -2.33. The fraction of sp³-hybridized carbons (Fsp3) is 0.222. The Kier molecular flexibility index (Phi) is 4.81. The van der Waals surface area contributed by atoms with Crippen molar-refractivity contribution in [1.29, 1.82) is 0 Å². The van der Waals surface area contributed by atoms with Crippen molar-refractivity contribution in [3.8, 4) is 11.5 Å². The van der Waals surface area contributed by atoms with Crippen molar-refractivity contribution in [3.63, 3.8) is 0 Å². The summed E-state index contributed by atoms with van der Waals surface area (Å²) in [6.07, 6.45) is 0. The average molecular weight is 361 g/mol. The molecule has 0 fully saturated rings. The Morgan fingerprint density at radius 2 is 2.08 bits per heavy atom. The molecule has 7 heteroatoms. The number of amides is 2. The molecule has 0 saturated heterocycles. The number of halogens is 1. The monoisotopic (exact) mass is 360 g/mol. The molecule has 1 heterocycles. The van der Waals surface area contributed by atoms with Crippen LogP contribution in [0.1, 0.15) is 6.92 Å². The molecule has 0 aliphatic carbocycles. The molecular formula is C18H17ClN2O4. The first-order valence-corrected chi connectivity index (χ1v) is 8.07. The average Bonchev–Trinajstić information content (AvgIpc) is 2.61. The van der Waals surface area contributed by atoms with Crippen molar-refractivity contribution >= 4 is 34.8 Å². The lowest BCUT2D eigenvalue weighted by molar-refractivity contribution is -0.125. The van der Waals surface area contributed by atoms with Crippen LogP contribution >= 0.6 is 11.6 Å². The van der Waals surface area contributed by atoms with Crippen LogP contribution < -0.4 is 19.7 Å². The lowest BCUT2D eigenvalue weighted by Crippen LogP contribution is -2.49. The number of methoxy groups -OCH3 is 1. The summed E-state index contributed by atoms with van der Waals surface area (Å²) in [5.41, 5.74) is 1.01. The van der Waals surface area contributed by atoms with Crippen LogP contribution in [0.25, 0.3) is 0 Å². The third kappa shape index (κ3) is 3.39. The Balaban J connectivity index is 1.86. The van der Waals surface area contributed by atoms with Gasteiger partial charge in [0, 0.05) is 5.02 Å². The van der Waals surface area contributed by atoms with E-state index in [0.717, 1.165) is 0 Å². The molecule has 130 valence electrons. The molecule has 1 unspecified atom stereocenters. The quantitative estimate of drug-likeness (QED) is 0.909. The van der Waals surface area contributed by atoms with Crippen molar-refractivity contribution in [3.05, 3.63) is 47.5 Å². The van der Waals surface area contributed by atoms with Gasteiger partial charge in [-0.1, -0.05) is 23.7 Å². The van der Waals surface area contributed by atoms with Gasteiger partial charge in [0.25, 0.3) is 5.91 Å². The predicted molar refractivity (Wildman–Crippen MR) is 95.5 cm³/mol. The number of ether oxygens (including phenoxy) is 2. The zero-order chi connectivity index (χ0) is 18.0. The Labute approximate surface area is 150 Å². The van der Waals surface area contributed by atoms with E-state index in [1.165, 1.54) is 12.0 Å². The van der Waals surface area contributed by atoms with Gasteiger partial charge in [-0.05, 0) is 37.3 Å². The summed E-state index contributed by atoms with van der Waals surface area (Å²) in [6.45, 7) is 1.56. The molecule has 2 aromatic rings. The zero-order valence-electron chi connectivity index (χ0n) is 13.8. The van der Waals surface area contributed by atoms with Crippen LogP contribution in [0.15, 0.2) is 42.5 Å². The normalized spacial score (nSPS) is 14.4. The summed E-state index contributed by atoms with van der Waals surface area (Å²) in [4.78, 5) is 26.4. The number of para-hydroxylation sites is 2. The summed E-state index contributed by atoms with van der Waals surface area (Å²) in [5.74, 6) is 0.422. The number of benzene rings is 2. The van der Waals surface area contributed by atoms with Crippen LogP contribution in [0.2, 0.25) is 5.02 Å². The molecule has 0 bridgehead atoms. The van der Waals surface area contributed by atoms with Gasteiger partial charge >= 0.3 is 0 Å². The van der Waals surface area contributed by atoms with E-state index >= 15 is 0 Å². The number of carbonyl (C=O) groups is 2. The predicted octanol–water partition coefficient (Wildman–Crippen LogP) is 3.10. The Hall–Kier alpha value is -2.73. The highest BCUT2D eigenvalue weighted by Crippen LogP contribution is 2.33. The van der Waals surface area contributed by atoms with Gasteiger partial charge in [0.2, 0.25) is 5.91 Å². The maximum atomic E-state index is 12.7. The second-order valence-electron chi connectivity index (χ2n) is 5.53. The standard InChI is InChI=1S/C18H17ClN2O4/c1-11(18(23)20-13-9-12(19)7-8-15(13)24-2)21-14-5-3-4-6-16(14)25-10-17(21)22/h3-9,11H,10H2,1-2H3,(H,20,23). The molecule has 1 aliphatic rings. The minimum Gasteiger partial charge on any atom is -0.495 e. The van der Waals surface area contributed by atoms with Crippen molar-refractivity contribution < 1.29 is 19.1 Å². The SMILES string of the molecule is COc1ccc(Cl)cc1NC(=O)C(C)N1C(=O)COc2ccccc21. The molecule has 3 rings (SSSR count). The van der Waals surface area contributed by atoms with Crippen LogP contribution in [0, 0.1) is 0 Å². The first-order valence-electron chi connectivity index (χ1n) is 7.69. The highest BCUT2D eigenvalue weighted by atomic mass is 35.5. The van der Waals surface area contributed by atoms with Gasteiger partial charge in [0.1, 0.15) is 17.5 Å². The smallest absolute Gasteiger partial charge is 0.265 e. The van der Waals surface area contributed by atoms with E-state index < -0.39 is 6.04 Å². The summed E-state index contributed by atoms with van der Waals surface area (Å²) < 4.78 is 10.6. The maximum absolute atomic E-state index is 12.7. The topological polar surface area (TPSA) is 67.9 Å². The fourth-order valence-electron chi connectivity index (χ4n) is 2.68. The maximum Gasteiger partial charge on any atom is 0.265 e. The Bertz CT molecular complexity index is 824. The number of carbonyl (C=O) groups excluding carboxylic acids is 2. The summed E-state index contributed by atoms with van der Waals surface area (Å²) >= 11 is 5.99. The zero-order valence-corrected chi connectivity index (χ0v) is 14.5. The van der Waals surface area contributed by atoms with Crippen molar-refractivity contribution in [2.24, 2.45) is 0 Å². The van der Waals surface area contributed by atoms with E-state index in [1.807, 2.05) is 6.07 Å². The molecule has 1 aliphatic heterocycles. The fourth-order valence-corrected chi connectivity index (χ4v) is 2.85. The number of rotatable bonds is 4. The highest BCUT2D eigenvalue weighted by Gasteiger charge is 2.33. The van der Waals surface area contributed by atoms with Crippen LogP contribution in [0.3, 0.4) is 0 Å². The van der Waals surface area contributed by atoms with E-state index in [2.05, 4.69) is 5.32 Å². The molecule has 2 aromatic carbocycles. The number of nitrogens with one attached hydrogen (secondary N) is 1. The molecule has 0 saturated carbocycles. The molecule has 0 aromatic heterocycles. The van der Waals surface area contributed by atoms with Crippen LogP contribution in [-0.4, -0.2) is 31.6 Å². The van der Waals surface area contributed by atoms with Crippen LogP contribution in [0.5, 0.6) is 11.5 Å². The van der Waals surface area contributed by atoms with Gasteiger partial charge in [0.05, 0.1) is 18.5 Å². The molecule has 2 amide bonds. The van der Waals surface area contributed by atoms with Gasteiger partial charge in [-0.3, -0.25) is 14.5 Å². The molecule has 0 radical (unpaired) electrons. The molecule has 1 N–H and O–H groups in total. The Morgan fingerprint density at radius 1 is 1.32 bits per heavy atom.